The Kier molecular flexibility index (Phi) is 3.43. The summed E-state index contributed by atoms with van der Waals surface area (Å²) in [6.45, 7) is 3.72. The zero-order valence-corrected chi connectivity index (χ0v) is 13.0. The van der Waals surface area contributed by atoms with Crippen LogP contribution in [0.15, 0.2) is 66.4 Å². The number of H-pyrrole nitrogens is 1. The van der Waals surface area contributed by atoms with E-state index in [0.717, 1.165) is 33.1 Å². The summed E-state index contributed by atoms with van der Waals surface area (Å²) in [6, 6.07) is 14.0. The molecule has 4 heteroatoms. The van der Waals surface area contributed by atoms with Crippen molar-refractivity contribution < 1.29 is 0 Å². The molecule has 0 aliphatic heterocycles. The first kappa shape index (κ1) is 14.3. The Bertz CT molecular complexity index is 1110. The van der Waals surface area contributed by atoms with Crippen LogP contribution >= 0.6 is 0 Å². The van der Waals surface area contributed by atoms with Crippen LogP contribution in [0.25, 0.3) is 27.8 Å². The van der Waals surface area contributed by atoms with Crippen LogP contribution in [0, 0.1) is 0 Å². The Balaban J connectivity index is 1.93. The Morgan fingerprint density at radius 3 is 2.62 bits per heavy atom. The molecule has 1 N–H and O–H groups in total. The maximum absolute atomic E-state index is 12.2. The van der Waals surface area contributed by atoms with Gasteiger partial charge in [0.15, 0.2) is 0 Å². The minimum Gasteiger partial charge on any atom is -0.313 e. The summed E-state index contributed by atoms with van der Waals surface area (Å²) in [7, 11) is 0. The van der Waals surface area contributed by atoms with Gasteiger partial charge >= 0.3 is 0 Å². The standard InChI is InChI=1S/C20H15N3O/c1-2-15-8-7-13(11-21-15)9-14-10-18-19(22-12-23-20(18)24)17-6-4-3-5-16(14)17/h2-8,10-12H,1,9H2,(H,22,23,24). The minimum atomic E-state index is -0.118. The molecule has 4 nitrogen and oxygen atoms in total. The fourth-order valence-electron chi connectivity index (χ4n) is 3.01. The highest BCUT2D eigenvalue weighted by Crippen LogP contribution is 2.27. The smallest absolute Gasteiger partial charge is 0.258 e. The molecule has 0 aliphatic carbocycles. The highest BCUT2D eigenvalue weighted by molar-refractivity contribution is 6.06. The SMILES string of the molecule is C=Cc1ccc(Cc2cc3c(=O)[nH]cnc3c3ccccc23)cn1. The molecule has 0 bridgehead atoms. The van der Waals surface area contributed by atoms with Crippen LogP contribution in [0.5, 0.6) is 0 Å². The summed E-state index contributed by atoms with van der Waals surface area (Å²) in [6.07, 6.45) is 5.73. The number of benzene rings is 2. The van der Waals surface area contributed by atoms with Crippen molar-refractivity contribution in [3.63, 3.8) is 0 Å². The number of pyridine rings is 1. The zero-order valence-electron chi connectivity index (χ0n) is 13.0. The van der Waals surface area contributed by atoms with E-state index in [2.05, 4.69) is 27.6 Å². The third kappa shape index (κ3) is 2.38. The minimum absolute atomic E-state index is 0.118. The first-order chi connectivity index (χ1) is 11.8. The van der Waals surface area contributed by atoms with Gasteiger partial charge in [0.2, 0.25) is 0 Å². The van der Waals surface area contributed by atoms with Crippen molar-refractivity contribution in [3.05, 3.63) is 88.7 Å². The first-order valence-electron chi connectivity index (χ1n) is 7.71. The number of aromatic amines is 1. The van der Waals surface area contributed by atoms with Gasteiger partial charge < -0.3 is 4.98 Å². The van der Waals surface area contributed by atoms with E-state index in [-0.39, 0.29) is 5.56 Å². The molecule has 116 valence electrons. The van der Waals surface area contributed by atoms with Crippen LogP contribution in [0.1, 0.15) is 16.8 Å². The molecule has 0 saturated heterocycles. The number of nitrogens with one attached hydrogen (secondary N) is 1. The Hall–Kier alpha value is -3.27. The molecule has 0 aliphatic rings. The zero-order chi connectivity index (χ0) is 16.5. The molecule has 0 atom stereocenters. The van der Waals surface area contributed by atoms with Crippen molar-refractivity contribution in [2.45, 2.75) is 6.42 Å². The third-order valence-corrected chi connectivity index (χ3v) is 4.19. The monoisotopic (exact) mass is 313 g/mol. The van der Waals surface area contributed by atoms with Crippen molar-refractivity contribution in [2.24, 2.45) is 0 Å². The van der Waals surface area contributed by atoms with E-state index in [9.17, 15) is 4.79 Å². The highest BCUT2D eigenvalue weighted by Gasteiger charge is 2.10. The van der Waals surface area contributed by atoms with Crippen LogP contribution in [0.4, 0.5) is 0 Å². The highest BCUT2D eigenvalue weighted by atomic mass is 16.1. The fourth-order valence-corrected chi connectivity index (χ4v) is 3.01. The van der Waals surface area contributed by atoms with Crippen LogP contribution in [0.2, 0.25) is 0 Å². The van der Waals surface area contributed by atoms with E-state index in [1.165, 1.54) is 6.33 Å². The van der Waals surface area contributed by atoms with E-state index < -0.39 is 0 Å². The second-order valence-corrected chi connectivity index (χ2v) is 5.68. The van der Waals surface area contributed by atoms with Gasteiger partial charge in [-0.2, -0.15) is 0 Å². The van der Waals surface area contributed by atoms with Gasteiger partial charge in [-0.05, 0) is 41.1 Å². The van der Waals surface area contributed by atoms with Gasteiger partial charge in [-0.15, -0.1) is 0 Å². The Labute approximate surface area is 138 Å². The topological polar surface area (TPSA) is 58.6 Å². The maximum Gasteiger partial charge on any atom is 0.258 e. The lowest BCUT2D eigenvalue weighted by Crippen LogP contribution is -2.07. The van der Waals surface area contributed by atoms with E-state index in [1.54, 1.807) is 6.08 Å². The maximum atomic E-state index is 12.2. The van der Waals surface area contributed by atoms with Crippen molar-refractivity contribution >= 4 is 27.8 Å². The van der Waals surface area contributed by atoms with Crippen LogP contribution in [-0.2, 0) is 6.42 Å². The van der Waals surface area contributed by atoms with Gasteiger partial charge in [-0.1, -0.05) is 36.9 Å². The van der Waals surface area contributed by atoms with Gasteiger partial charge in [-0.3, -0.25) is 9.78 Å². The largest absolute Gasteiger partial charge is 0.313 e. The van der Waals surface area contributed by atoms with Crippen LogP contribution in [0.3, 0.4) is 0 Å². The summed E-state index contributed by atoms with van der Waals surface area (Å²) < 4.78 is 0. The van der Waals surface area contributed by atoms with Crippen molar-refractivity contribution in [1.29, 1.82) is 0 Å². The molecule has 0 spiro atoms. The quantitative estimate of drug-likeness (QED) is 0.587. The predicted molar refractivity (Wildman–Crippen MR) is 97.0 cm³/mol. The average molecular weight is 313 g/mol. The van der Waals surface area contributed by atoms with E-state index in [4.69, 9.17) is 0 Å². The van der Waals surface area contributed by atoms with Crippen LogP contribution < -0.4 is 5.56 Å². The summed E-state index contributed by atoms with van der Waals surface area (Å²) in [5.41, 5.74) is 3.64. The lowest BCUT2D eigenvalue weighted by atomic mass is 9.96. The molecule has 2 aromatic heterocycles. The normalized spacial score (nSPS) is 11.0. The molecule has 2 aromatic carbocycles. The second kappa shape index (κ2) is 5.74. The fraction of sp³-hybridized carbons (Fsp3) is 0.0500. The second-order valence-electron chi connectivity index (χ2n) is 5.68. The van der Waals surface area contributed by atoms with E-state index in [0.29, 0.717) is 11.8 Å². The van der Waals surface area contributed by atoms with Crippen molar-refractivity contribution in [3.8, 4) is 0 Å². The van der Waals surface area contributed by atoms with Gasteiger partial charge in [0.05, 0.1) is 22.9 Å². The van der Waals surface area contributed by atoms with Gasteiger partial charge in [0, 0.05) is 11.6 Å². The van der Waals surface area contributed by atoms with E-state index >= 15 is 0 Å². The molecule has 4 rings (SSSR count). The number of hydrogen-bond donors (Lipinski definition) is 1. The number of rotatable bonds is 3. The van der Waals surface area contributed by atoms with E-state index in [1.807, 2.05) is 42.6 Å². The van der Waals surface area contributed by atoms with Gasteiger partial charge in [0.25, 0.3) is 5.56 Å². The molecule has 2 heterocycles. The number of nitrogens with zero attached hydrogens (tertiary/aromatic N) is 2. The summed E-state index contributed by atoms with van der Waals surface area (Å²) in [4.78, 5) is 23.6. The predicted octanol–water partition coefficient (Wildman–Crippen LogP) is 3.71. The molecule has 4 aromatic rings. The molecule has 0 fully saturated rings. The summed E-state index contributed by atoms with van der Waals surface area (Å²) >= 11 is 0. The van der Waals surface area contributed by atoms with Gasteiger partial charge in [-0.25, -0.2) is 4.98 Å². The number of fused-ring (bicyclic) bond motifs is 3. The number of hydrogen-bond acceptors (Lipinski definition) is 3. The molecular weight excluding hydrogens is 298 g/mol. The van der Waals surface area contributed by atoms with Crippen LogP contribution in [-0.4, -0.2) is 15.0 Å². The molecule has 0 radical (unpaired) electrons. The summed E-state index contributed by atoms with van der Waals surface area (Å²) in [5.74, 6) is 0. The lowest BCUT2D eigenvalue weighted by Gasteiger charge is -2.09. The van der Waals surface area contributed by atoms with Crippen molar-refractivity contribution in [2.75, 3.05) is 0 Å². The molecule has 24 heavy (non-hydrogen) atoms. The number of aromatic nitrogens is 3. The Morgan fingerprint density at radius 2 is 1.88 bits per heavy atom. The molecule has 0 amide bonds. The average Bonchev–Trinajstić information content (AvgIpc) is 2.63. The lowest BCUT2D eigenvalue weighted by molar-refractivity contribution is 1.14. The molecule has 0 saturated carbocycles. The Morgan fingerprint density at radius 1 is 1.04 bits per heavy atom. The van der Waals surface area contributed by atoms with Gasteiger partial charge in [0.1, 0.15) is 0 Å². The molecule has 0 unspecified atom stereocenters. The first-order valence-corrected chi connectivity index (χ1v) is 7.71. The third-order valence-electron chi connectivity index (χ3n) is 4.19. The molecular formula is C20H15N3O. The summed E-state index contributed by atoms with van der Waals surface area (Å²) in [5, 5.41) is 2.71. The van der Waals surface area contributed by atoms with Crippen molar-refractivity contribution in [1.82, 2.24) is 15.0 Å².